The molecule has 1 nitrogen and oxygen atoms in total. The third kappa shape index (κ3) is 5.11. The number of hydrogen-bond donors (Lipinski definition) is 0. The standard InChI is InChI=1S/C14H20Br2O/c1-3-4-5-6-7-11-8-14(16)12(10-17-2)9-13(11)15/h8-9H,3-7,10H2,1-2H3. The van der Waals surface area contributed by atoms with Crippen molar-refractivity contribution < 1.29 is 4.74 Å². The molecule has 0 N–H and O–H groups in total. The van der Waals surface area contributed by atoms with E-state index in [-0.39, 0.29) is 0 Å². The van der Waals surface area contributed by atoms with Gasteiger partial charge in [0, 0.05) is 16.1 Å². The van der Waals surface area contributed by atoms with Gasteiger partial charge >= 0.3 is 0 Å². The highest BCUT2D eigenvalue weighted by Crippen LogP contribution is 2.27. The molecule has 0 amide bonds. The number of hydrogen-bond acceptors (Lipinski definition) is 1. The second kappa shape index (κ2) is 8.28. The molecule has 0 spiro atoms. The van der Waals surface area contributed by atoms with Crippen molar-refractivity contribution in [2.45, 2.75) is 45.6 Å². The number of methoxy groups -OCH3 is 1. The first kappa shape index (κ1) is 15.2. The quantitative estimate of drug-likeness (QED) is 0.582. The van der Waals surface area contributed by atoms with Gasteiger partial charge in [-0.15, -0.1) is 0 Å². The van der Waals surface area contributed by atoms with E-state index in [4.69, 9.17) is 4.74 Å². The zero-order chi connectivity index (χ0) is 12.7. The summed E-state index contributed by atoms with van der Waals surface area (Å²) < 4.78 is 7.51. The van der Waals surface area contributed by atoms with Gasteiger partial charge in [-0.1, -0.05) is 58.0 Å². The maximum Gasteiger partial charge on any atom is 0.0724 e. The molecule has 17 heavy (non-hydrogen) atoms. The molecule has 0 aliphatic heterocycles. The van der Waals surface area contributed by atoms with Crippen LogP contribution in [0.2, 0.25) is 0 Å². The lowest BCUT2D eigenvalue weighted by molar-refractivity contribution is 0.184. The Morgan fingerprint density at radius 3 is 2.29 bits per heavy atom. The Kier molecular flexibility index (Phi) is 7.40. The minimum absolute atomic E-state index is 0.648. The summed E-state index contributed by atoms with van der Waals surface area (Å²) in [5.41, 5.74) is 2.57. The lowest BCUT2D eigenvalue weighted by Crippen LogP contribution is -1.94. The highest BCUT2D eigenvalue weighted by molar-refractivity contribution is 9.11. The van der Waals surface area contributed by atoms with Gasteiger partial charge in [0.05, 0.1) is 6.61 Å². The molecule has 0 aliphatic rings. The molecule has 0 atom stereocenters. The van der Waals surface area contributed by atoms with E-state index in [1.807, 2.05) is 0 Å². The lowest BCUT2D eigenvalue weighted by atomic mass is 10.0. The Morgan fingerprint density at radius 2 is 1.65 bits per heavy atom. The van der Waals surface area contributed by atoms with Gasteiger partial charge in [0.25, 0.3) is 0 Å². The van der Waals surface area contributed by atoms with Gasteiger partial charge < -0.3 is 4.74 Å². The second-order valence-electron chi connectivity index (χ2n) is 4.28. The summed E-state index contributed by atoms with van der Waals surface area (Å²) >= 11 is 7.25. The molecule has 0 saturated carbocycles. The third-order valence-corrected chi connectivity index (χ3v) is 4.29. The molecule has 1 aromatic carbocycles. The smallest absolute Gasteiger partial charge is 0.0724 e. The molecule has 0 heterocycles. The highest BCUT2D eigenvalue weighted by atomic mass is 79.9. The molecule has 96 valence electrons. The van der Waals surface area contributed by atoms with Gasteiger partial charge in [-0.2, -0.15) is 0 Å². The van der Waals surface area contributed by atoms with E-state index in [0.717, 1.165) is 10.9 Å². The minimum Gasteiger partial charge on any atom is -0.380 e. The summed E-state index contributed by atoms with van der Waals surface area (Å²) in [6.45, 7) is 2.89. The van der Waals surface area contributed by atoms with Crippen molar-refractivity contribution >= 4 is 31.9 Å². The predicted molar refractivity (Wildman–Crippen MR) is 80.4 cm³/mol. The van der Waals surface area contributed by atoms with Gasteiger partial charge in [0.15, 0.2) is 0 Å². The number of rotatable bonds is 7. The van der Waals surface area contributed by atoms with Crippen LogP contribution in [0.4, 0.5) is 0 Å². The van der Waals surface area contributed by atoms with Gasteiger partial charge in [-0.05, 0) is 36.1 Å². The van der Waals surface area contributed by atoms with Crippen LogP contribution in [0.1, 0.15) is 43.7 Å². The maximum absolute atomic E-state index is 5.17. The zero-order valence-corrected chi connectivity index (χ0v) is 13.7. The number of aryl methyl sites for hydroxylation is 1. The van der Waals surface area contributed by atoms with Crippen LogP contribution in [0.5, 0.6) is 0 Å². The van der Waals surface area contributed by atoms with E-state index in [1.54, 1.807) is 7.11 Å². The largest absolute Gasteiger partial charge is 0.380 e. The minimum atomic E-state index is 0.648. The van der Waals surface area contributed by atoms with Crippen LogP contribution in [0.15, 0.2) is 21.1 Å². The molecule has 3 heteroatoms. The third-order valence-electron chi connectivity index (χ3n) is 2.81. The Balaban J connectivity index is 2.64. The van der Waals surface area contributed by atoms with Crippen molar-refractivity contribution in [2.75, 3.05) is 7.11 Å². The Labute approximate surface area is 121 Å². The van der Waals surface area contributed by atoms with Crippen LogP contribution in [-0.2, 0) is 17.8 Å². The van der Waals surface area contributed by atoms with Crippen LogP contribution < -0.4 is 0 Å². The topological polar surface area (TPSA) is 9.23 Å². The molecule has 1 rings (SSSR count). The van der Waals surface area contributed by atoms with E-state index in [9.17, 15) is 0 Å². The first-order valence-electron chi connectivity index (χ1n) is 6.14. The molecular weight excluding hydrogens is 344 g/mol. The van der Waals surface area contributed by atoms with Crippen molar-refractivity contribution in [3.8, 4) is 0 Å². The highest BCUT2D eigenvalue weighted by Gasteiger charge is 2.06. The van der Waals surface area contributed by atoms with Crippen LogP contribution >= 0.6 is 31.9 Å². The van der Waals surface area contributed by atoms with Crippen LogP contribution in [0, 0.1) is 0 Å². The van der Waals surface area contributed by atoms with E-state index in [1.165, 1.54) is 41.3 Å². The molecule has 0 aromatic heterocycles. The molecule has 1 aromatic rings. The molecule has 0 bridgehead atoms. The Bertz CT molecular complexity index is 350. The number of benzene rings is 1. The van der Waals surface area contributed by atoms with Gasteiger partial charge in [-0.3, -0.25) is 0 Å². The average Bonchev–Trinajstić information content (AvgIpc) is 2.30. The van der Waals surface area contributed by atoms with Crippen molar-refractivity contribution in [2.24, 2.45) is 0 Å². The van der Waals surface area contributed by atoms with E-state index in [2.05, 4.69) is 50.9 Å². The second-order valence-corrected chi connectivity index (χ2v) is 5.99. The molecule has 0 fully saturated rings. The fourth-order valence-electron chi connectivity index (χ4n) is 1.83. The summed E-state index contributed by atoms with van der Waals surface area (Å²) in [5, 5.41) is 0. The Hall–Kier alpha value is 0.140. The van der Waals surface area contributed by atoms with Crippen LogP contribution in [-0.4, -0.2) is 7.11 Å². The van der Waals surface area contributed by atoms with Gasteiger partial charge in [-0.25, -0.2) is 0 Å². The van der Waals surface area contributed by atoms with Crippen molar-refractivity contribution in [3.63, 3.8) is 0 Å². The first-order chi connectivity index (χ1) is 8.19. The average molecular weight is 364 g/mol. The van der Waals surface area contributed by atoms with Gasteiger partial charge in [0.2, 0.25) is 0 Å². The number of unbranched alkanes of at least 4 members (excludes halogenated alkanes) is 3. The molecule has 0 aliphatic carbocycles. The lowest BCUT2D eigenvalue weighted by Gasteiger charge is -2.09. The van der Waals surface area contributed by atoms with E-state index >= 15 is 0 Å². The van der Waals surface area contributed by atoms with Crippen LogP contribution in [0.25, 0.3) is 0 Å². The predicted octanol–water partition coefficient (Wildman–Crippen LogP) is 5.48. The number of halogens is 2. The normalized spacial score (nSPS) is 10.8. The number of ether oxygens (including phenoxy) is 1. The molecular formula is C14H20Br2O. The summed E-state index contributed by atoms with van der Waals surface area (Å²) in [6, 6.07) is 4.37. The first-order valence-corrected chi connectivity index (χ1v) is 7.73. The fourth-order valence-corrected chi connectivity index (χ4v) is 2.92. The van der Waals surface area contributed by atoms with Crippen LogP contribution in [0.3, 0.4) is 0 Å². The summed E-state index contributed by atoms with van der Waals surface area (Å²) in [6.07, 6.45) is 6.35. The monoisotopic (exact) mass is 362 g/mol. The van der Waals surface area contributed by atoms with E-state index in [0.29, 0.717) is 6.61 Å². The van der Waals surface area contributed by atoms with Crippen molar-refractivity contribution in [3.05, 3.63) is 32.2 Å². The van der Waals surface area contributed by atoms with Crippen molar-refractivity contribution in [1.82, 2.24) is 0 Å². The molecule has 0 saturated heterocycles. The van der Waals surface area contributed by atoms with E-state index < -0.39 is 0 Å². The van der Waals surface area contributed by atoms with Crippen molar-refractivity contribution in [1.29, 1.82) is 0 Å². The SMILES string of the molecule is CCCCCCc1cc(Br)c(COC)cc1Br. The molecule has 0 radical (unpaired) electrons. The summed E-state index contributed by atoms with van der Waals surface area (Å²) in [5.74, 6) is 0. The zero-order valence-electron chi connectivity index (χ0n) is 10.6. The summed E-state index contributed by atoms with van der Waals surface area (Å²) in [4.78, 5) is 0. The van der Waals surface area contributed by atoms with Gasteiger partial charge in [0.1, 0.15) is 0 Å². The molecule has 0 unspecified atom stereocenters. The Morgan fingerprint density at radius 1 is 1.00 bits per heavy atom. The maximum atomic E-state index is 5.17. The fraction of sp³-hybridized carbons (Fsp3) is 0.571. The summed E-state index contributed by atoms with van der Waals surface area (Å²) in [7, 11) is 1.72.